The molecule has 0 aliphatic carbocycles. The van der Waals surface area contributed by atoms with E-state index in [1.165, 1.54) is 0 Å². The van der Waals surface area contributed by atoms with E-state index >= 15 is 0 Å². The van der Waals surface area contributed by atoms with Crippen molar-refractivity contribution < 1.29 is 0 Å². The first-order valence-electron chi connectivity index (χ1n) is 6.70. The molecular weight excluding hydrogens is 226 g/mol. The minimum atomic E-state index is 0.159. The number of hydrogen-bond acceptors (Lipinski definition) is 4. The minimum absolute atomic E-state index is 0.159. The Balaban J connectivity index is 2.92. The maximum Gasteiger partial charge on any atom is 0.0843 e. The van der Waals surface area contributed by atoms with Crippen LogP contribution in [-0.2, 0) is 13.5 Å². The number of hydrogen-bond donors (Lipinski definition) is 1. The molecule has 1 rings (SSSR count). The Morgan fingerprint density at radius 2 is 2.00 bits per heavy atom. The molecule has 1 aromatic rings. The van der Waals surface area contributed by atoms with Gasteiger partial charge in [-0.2, -0.15) is 0 Å². The molecule has 1 heterocycles. The lowest BCUT2D eigenvalue weighted by molar-refractivity contribution is 0.0913. The molecule has 104 valence electrons. The quantitative estimate of drug-likeness (QED) is 0.789. The molecule has 0 bridgehead atoms. The standard InChI is InChI=1S/C13H27N5/c1-7-13(8-2,17(4)5)12(14-3)9-11-10-18(6)16-15-11/h10,12,14H,7-9H2,1-6H3. The molecule has 1 N–H and O–H groups in total. The summed E-state index contributed by atoms with van der Waals surface area (Å²) in [7, 11) is 8.26. The first-order chi connectivity index (χ1) is 8.50. The predicted octanol–water partition coefficient (Wildman–Crippen LogP) is 1.07. The molecule has 0 fully saturated rings. The summed E-state index contributed by atoms with van der Waals surface area (Å²) in [5.74, 6) is 0. The summed E-state index contributed by atoms with van der Waals surface area (Å²) in [6, 6.07) is 0.374. The molecule has 0 aliphatic heterocycles. The molecule has 1 atom stereocenters. The van der Waals surface area contributed by atoms with E-state index in [1.54, 1.807) is 4.68 Å². The Hall–Kier alpha value is -0.940. The first kappa shape index (κ1) is 15.1. The van der Waals surface area contributed by atoms with Crippen LogP contribution in [0.5, 0.6) is 0 Å². The van der Waals surface area contributed by atoms with Crippen molar-refractivity contribution in [1.82, 2.24) is 25.2 Å². The predicted molar refractivity (Wildman–Crippen MR) is 74.6 cm³/mol. The maximum atomic E-state index is 4.20. The fraction of sp³-hybridized carbons (Fsp3) is 0.846. The van der Waals surface area contributed by atoms with Gasteiger partial charge in [0, 0.05) is 31.2 Å². The highest BCUT2D eigenvalue weighted by atomic mass is 15.4. The Labute approximate surface area is 111 Å². The van der Waals surface area contributed by atoms with E-state index in [1.807, 2.05) is 20.3 Å². The number of likely N-dealkylation sites (N-methyl/N-ethyl adjacent to an activating group) is 2. The highest BCUT2D eigenvalue weighted by Gasteiger charge is 2.37. The van der Waals surface area contributed by atoms with Gasteiger partial charge in [0.25, 0.3) is 0 Å². The average molecular weight is 253 g/mol. The van der Waals surface area contributed by atoms with E-state index in [9.17, 15) is 0 Å². The fourth-order valence-electron chi connectivity index (χ4n) is 2.95. The van der Waals surface area contributed by atoms with Gasteiger partial charge in [0.1, 0.15) is 0 Å². The summed E-state index contributed by atoms with van der Waals surface area (Å²) in [6.07, 6.45) is 5.13. The summed E-state index contributed by atoms with van der Waals surface area (Å²) < 4.78 is 1.76. The topological polar surface area (TPSA) is 46.0 Å². The smallest absolute Gasteiger partial charge is 0.0843 e. The van der Waals surface area contributed by atoms with Crippen LogP contribution in [0.2, 0.25) is 0 Å². The van der Waals surface area contributed by atoms with Gasteiger partial charge in [-0.05, 0) is 34.0 Å². The summed E-state index contributed by atoms with van der Waals surface area (Å²) in [6.45, 7) is 4.51. The van der Waals surface area contributed by atoms with Crippen LogP contribution in [0.3, 0.4) is 0 Å². The van der Waals surface area contributed by atoms with E-state index < -0.39 is 0 Å². The largest absolute Gasteiger partial charge is 0.315 e. The summed E-state index contributed by atoms with van der Waals surface area (Å²) >= 11 is 0. The summed E-state index contributed by atoms with van der Waals surface area (Å²) in [4.78, 5) is 2.34. The maximum absolute atomic E-state index is 4.20. The highest BCUT2D eigenvalue weighted by Crippen LogP contribution is 2.27. The van der Waals surface area contributed by atoms with Crippen LogP contribution < -0.4 is 5.32 Å². The molecule has 0 radical (unpaired) electrons. The lowest BCUT2D eigenvalue weighted by Crippen LogP contribution is -2.58. The second-order valence-electron chi connectivity index (χ2n) is 5.13. The van der Waals surface area contributed by atoms with Gasteiger partial charge in [-0.25, -0.2) is 0 Å². The van der Waals surface area contributed by atoms with Crippen molar-refractivity contribution in [2.45, 2.75) is 44.7 Å². The second-order valence-corrected chi connectivity index (χ2v) is 5.13. The number of nitrogens with one attached hydrogen (secondary N) is 1. The molecule has 0 saturated carbocycles. The minimum Gasteiger partial charge on any atom is -0.315 e. The third-order valence-electron chi connectivity index (χ3n) is 4.18. The normalized spacial score (nSPS) is 14.2. The van der Waals surface area contributed by atoms with Gasteiger partial charge in [0.2, 0.25) is 0 Å². The van der Waals surface area contributed by atoms with Crippen LogP contribution in [0, 0.1) is 0 Å². The van der Waals surface area contributed by atoms with Crippen LogP contribution in [-0.4, -0.2) is 52.6 Å². The molecule has 0 aromatic carbocycles. The van der Waals surface area contributed by atoms with Crippen LogP contribution in [0.15, 0.2) is 6.20 Å². The zero-order valence-electron chi connectivity index (χ0n) is 12.6. The molecule has 5 heteroatoms. The van der Waals surface area contributed by atoms with E-state index in [0.29, 0.717) is 6.04 Å². The van der Waals surface area contributed by atoms with E-state index in [0.717, 1.165) is 25.0 Å². The summed E-state index contributed by atoms with van der Waals surface area (Å²) in [5, 5.41) is 11.7. The lowest BCUT2D eigenvalue weighted by Gasteiger charge is -2.45. The van der Waals surface area contributed by atoms with Crippen LogP contribution in [0.1, 0.15) is 32.4 Å². The molecule has 0 amide bonds. The van der Waals surface area contributed by atoms with Gasteiger partial charge in [0.15, 0.2) is 0 Å². The van der Waals surface area contributed by atoms with E-state index in [2.05, 4.69) is 48.5 Å². The lowest BCUT2D eigenvalue weighted by atomic mass is 9.81. The molecular formula is C13H27N5. The molecule has 0 spiro atoms. The first-order valence-corrected chi connectivity index (χ1v) is 6.70. The average Bonchev–Trinajstić information content (AvgIpc) is 2.75. The number of aromatic nitrogens is 3. The van der Waals surface area contributed by atoms with Crippen molar-refractivity contribution in [3.05, 3.63) is 11.9 Å². The van der Waals surface area contributed by atoms with Gasteiger partial charge in [-0.15, -0.1) is 5.10 Å². The van der Waals surface area contributed by atoms with Gasteiger partial charge in [-0.1, -0.05) is 19.1 Å². The van der Waals surface area contributed by atoms with E-state index in [4.69, 9.17) is 0 Å². The van der Waals surface area contributed by atoms with Crippen LogP contribution >= 0.6 is 0 Å². The van der Waals surface area contributed by atoms with Crippen molar-refractivity contribution in [2.75, 3.05) is 21.1 Å². The Bertz CT molecular complexity index is 354. The van der Waals surface area contributed by atoms with Crippen LogP contribution in [0.25, 0.3) is 0 Å². The molecule has 5 nitrogen and oxygen atoms in total. The fourth-order valence-corrected chi connectivity index (χ4v) is 2.95. The number of aryl methyl sites for hydroxylation is 1. The van der Waals surface area contributed by atoms with Crippen LogP contribution in [0.4, 0.5) is 0 Å². The Morgan fingerprint density at radius 3 is 2.33 bits per heavy atom. The van der Waals surface area contributed by atoms with E-state index in [-0.39, 0.29) is 5.54 Å². The Kier molecular flexibility index (Phi) is 5.28. The SMILES string of the molecule is CCC(CC)(C(Cc1cn(C)nn1)NC)N(C)C. The zero-order valence-corrected chi connectivity index (χ0v) is 12.6. The van der Waals surface area contributed by atoms with Gasteiger partial charge >= 0.3 is 0 Å². The van der Waals surface area contributed by atoms with Crippen molar-refractivity contribution in [2.24, 2.45) is 7.05 Å². The second kappa shape index (κ2) is 6.29. The van der Waals surface area contributed by atoms with Gasteiger partial charge in [-0.3, -0.25) is 4.68 Å². The molecule has 18 heavy (non-hydrogen) atoms. The van der Waals surface area contributed by atoms with Gasteiger partial charge < -0.3 is 10.2 Å². The highest BCUT2D eigenvalue weighted by molar-refractivity contribution is 5.04. The monoisotopic (exact) mass is 253 g/mol. The van der Waals surface area contributed by atoms with Crippen molar-refractivity contribution in [3.63, 3.8) is 0 Å². The molecule has 1 unspecified atom stereocenters. The van der Waals surface area contributed by atoms with Crippen molar-refractivity contribution in [3.8, 4) is 0 Å². The third-order valence-corrected chi connectivity index (χ3v) is 4.18. The number of rotatable bonds is 7. The number of nitrogens with zero attached hydrogens (tertiary/aromatic N) is 4. The van der Waals surface area contributed by atoms with Crippen molar-refractivity contribution >= 4 is 0 Å². The molecule has 1 aromatic heterocycles. The molecule has 0 saturated heterocycles. The van der Waals surface area contributed by atoms with Crippen molar-refractivity contribution in [1.29, 1.82) is 0 Å². The Morgan fingerprint density at radius 1 is 1.39 bits per heavy atom. The third kappa shape index (κ3) is 2.90. The van der Waals surface area contributed by atoms with Gasteiger partial charge in [0.05, 0.1) is 5.69 Å². The summed E-state index contributed by atoms with van der Waals surface area (Å²) in [5.41, 5.74) is 1.21. The zero-order chi connectivity index (χ0) is 13.8. The molecule has 0 aliphatic rings.